The van der Waals surface area contributed by atoms with Crippen molar-refractivity contribution in [2.45, 2.75) is 19.5 Å². The largest absolute Gasteiger partial charge is 0.573 e. The minimum Gasteiger partial charge on any atom is -0.405 e. The summed E-state index contributed by atoms with van der Waals surface area (Å²) in [5.41, 5.74) is 1.36. The van der Waals surface area contributed by atoms with Crippen molar-refractivity contribution < 1.29 is 22.3 Å². The van der Waals surface area contributed by atoms with E-state index in [9.17, 15) is 17.6 Å². The van der Waals surface area contributed by atoms with Gasteiger partial charge in [-0.2, -0.15) is 0 Å². The summed E-state index contributed by atoms with van der Waals surface area (Å²) in [6.07, 6.45) is -0.0731. The second-order valence-corrected chi connectivity index (χ2v) is 6.19. The smallest absolute Gasteiger partial charge is 0.405 e. The number of aliphatic imine (C=N–C) groups is 1. The lowest BCUT2D eigenvalue weighted by atomic mass is 10.2. The average Bonchev–Trinajstić information content (AvgIpc) is 3.22. The summed E-state index contributed by atoms with van der Waals surface area (Å²) in [6, 6.07) is 10.6. The molecule has 2 N–H and O–H groups in total. The number of guanidine groups is 1. The highest BCUT2D eigenvalue weighted by molar-refractivity contribution is 14.0. The highest BCUT2D eigenvalue weighted by Crippen LogP contribution is 2.26. The maximum absolute atomic E-state index is 14.3. The molecule has 1 heterocycles. The van der Waals surface area contributed by atoms with Gasteiger partial charge in [-0.3, -0.25) is 4.99 Å². The molecule has 166 valence electrons. The number of hydrogen-bond acceptors (Lipinski definition) is 3. The first-order valence-electron chi connectivity index (χ1n) is 8.90. The third kappa shape index (κ3) is 7.12. The number of imidazole rings is 1. The van der Waals surface area contributed by atoms with E-state index in [-0.39, 0.29) is 42.8 Å². The Morgan fingerprint density at radius 1 is 1.13 bits per heavy atom. The van der Waals surface area contributed by atoms with Crippen LogP contribution in [-0.4, -0.2) is 28.9 Å². The molecule has 3 aromatic rings. The van der Waals surface area contributed by atoms with Crippen molar-refractivity contribution in [1.82, 2.24) is 20.2 Å². The lowest BCUT2D eigenvalue weighted by molar-refractivity contribution is -0.274. The molecule has 1 aromatic heterocycles. The summed E-state index contributed by atoms with van der Waals surface area (Å²) in [4.78, 5) is 7.92. The number of nitrogens with zero attached hydrogens (tertiary/aromatic N) is 3. The number of para-hydroxylation sites is 1. The molecule has 0 atom stereocenters. The molecule has 0 saturated heterocycles. The van der Waals surface area contributed by atoms with Crippen LogP contribution in [0.1, 0.15) is 11.1 Å². The van der Waals surface area contributed by atoms with Crippen LogP contribution in [0.5, 0.6) is 5.75 Å². The summed E-state index contributed by atoms with van der Waals surface area (Å²) >= 11 is 0. The first kappa shape index (κ1) is 24.4. The van der Waals surface area contributed by atoms with Gasteiger partial charge in [0.1, 0.15) is 11.6 Å². The van der Waals surface area contributed by atoms with Crippen LogP contribution in [0.4, 0.5) is 17.6 Å². The molecule has 2 aromatic carbocycles. The predicted molar refractivity (Wildman–Crippen MR) is 119 cm³/mol. The first-order valence-corrected chi connectivity index (χ1v) is 8.90. The monoisotopic (exact) mass is 549 g/mol. The normalized spacial score (nSPS) is 11.6. The van der Waals surface area contributed by atoms with E-state index in [1.54, 1.807) is 35.2 Å². The van der Waals surface area contributed by atoms with Crippen LogP contribution in [0.25, 0.3) is 5.69 Å². The van der Waals surface area contributed by atoms with Crippen LogP contribution >= 0.6 is 24.0 Å². The Balaban J connectivity index is 0.00000341. The highest BCUT2D eigenvalue weighted by Gasteiger charge is 2.31. The topological polar surface area (TPSA) is 63.5 Å². The van der Waals surface area contributed by atoms with Gasteiger partial charge >= 0.3 is 6.36 Å². The third-order valence-electron chi connectivity index (χ3n) is 4.12. The first-order chi connectivity index (χ1) is 14.4. The summed E-state index contributed by atoms with van der Waals surface area (Å²) in [6.45, 7) is 0.321. The van der Waals surface area contributed by atoms with E-state index >= 15 is 0 Å². The number of hydrogen-bond donors (Lipinski definition) is 2. The summed E-state index contributed by atoms with van der Waals surface area (Å²) in [7, 11) is 1.52. The fourth-order valence-corrected chi connectivity index (χ4v) is 2.73. The maximum Gasteiger partial charge on any atom is 0.573 e. The zero-order valence-corrected chi connectivity index (χ0v) is 18.7. The Bertz CT molecular complexity index is 1010. The van der Waals surface area contributed by atoms with Crippen LogP contribution in [0.2, 0.25) is 0 Å². The lowest BCUT2D eigenvalue weighted by Gasteiger charge is -2.16. The van der Waals surface area contributed by atoms with Crippen molar-refractivity contribution in [2.24, 2.45) is 4.99 Å². The molecule has 0 fully saturated rings. The van der Waals surface area contributed by atoms with E-state index in [2.05, 4.69) is 25.3 Å². The van der Waals surface area contributed by atoms with E-state index in [0.717, 1.165) is 0 Å². The van der Waals surface area contributed by atoms with Crippen molar-refractivity contribution in [1.29, 1.82) is 0 Å². The number of nitrogens with one attached hydrogen (secondary N) is 2. The van der Waals surface area contributed by atoms with Crippen molar-refractivity contribution in [2.75, 3.05) is 7.05 Å². The number of alkyl halides is 3. The van der Waals surface area contributed by atoms with E-state index in [1.807, 2.05) is 0 Å². The molecule has 0 saturated carbocycles. The fraction of sp³-hybridized carbons (Fsp3) is 0.200. The van der Waals surface area contributed by atoms with Gasteiger partial charge in [0.15, 0.2) is 5.96 Å². The van der Waals surface area contributed by atoms with Gasteiger partial charge < -0.3 is 19.9 Å². The average molecular weight is 549 g/mol. The van der Waals surface area contributed by atoms with Crippen molar-refractivity contribution in [3.8, 4) is 11.4 Å². The minimum absolute atomic E-state index is 0. The molecular formula is C20H20F4IN5O. The molecule has 0 bridgehead atoms. The molecule has 0 unspecified atom stereocenters. The number of aromatic nitrogens is 2. The molecule has 3 rings (SSSR count). The minimum atomic E-state index is -4.77. The highest BCUT2D eigenvalue weighted by atomic mass is 127. The van der Waals surface area contributed by atoms with E-state index in [1.165, 1.54) is 37.6 Å². The van der Waals surface area contributed by atoms with Gasteiger partial charge in [0, 0.05) is 38.1 Å². The second-order valence-electron chi connectivity index (χ2n) is 6.19. The molecule has 11 heteroatoms. The van der Waals surface area contributed by atoms with Gasteiger partial charge in [0.05, 0.1) is 12.0 Å². The van der Waals surface area contributed by atoms with Gasteiger partial charge in [-0.05, 0) is 23.8 Å². The third-order valence-corrected chi connectivity index (χ3v) is 4.12. The van der Waals surface area contributed by atoms with Gasteiger partial charge in [-0.1, -0.05) is 24.3 Å². The molecule has 6 nitrogen and oxygen atoms in total. The van der Waals surface area contributed by atoms with Gasteiger partial charge in [-0.15, -0.1) is 37.1 Å². The summed E-state index contributed by atoms with van der Waals surface area (Å²) in [5.74, 6) is -0.352. The van der Waals surface area contributed by atoms with Crippen LogP contribution in [0.3, 0.4) is 0 Å². The summed E-state index contributed by atoms with van der Waals surface area (Å²) < 4.78 is 57.5. The number of benzene rings is 2. The van der Waals surface area contributed by atoms with Gasteiger partial charge in [-0.25, -0.2) is 9.37 Å². The Morgan fingerprint density at radius 3 is 2.52 bits per heavy atom. The summed E-state index contributed by atoms with van der Waals surface area (Å²) in [5, 5.41) is 5.91. The van der Waals surface area contributed by atoms with Gasteiger partial charge in [0.25, 0.3) is 0 Å². The zero-order chi connectivity index (χ0) is 21.6. The SMILES string of the molecule is CN=C(NCc1ccc(-n2ccnc2)c(F)c1)NCc1ccccc1OC(F)(F)F.I. The van der Waals surface area contributed by atoms with E-state index in [0.29, 0.717) is 22.8 Å². The Labute approximate surface area is 193 Å². The lowest BCUT2D eigenvalue weighted by Crippen LogP contribution is -2.36. The molecule has 0 aliphatic rings. The Morgan fingerprint density at radius 2 is 1.87 bits per heavy atom. The van der Waals surface area contributed by atoms with Crippen molar-refractivity contribution in [3.05, 3.63) is 78.1 Å². The molecule has 0 aliphatic carbocycles. The van der Waals surface area contributed by atoms with Crippen LogP contribution in [-0.2, 0) is 13.1 Å². The molecule has 0 amide bonds. The number of rotatable bonds is 6. The predicted octanol–water partition coefficient (Wildman–Crippen LogP) is 4.39. The zero-order valence-electron chi connectivity index (χ0n) is 16.4. The molecule has 0 radical (unpaired) electrons. The fourth-order valence-electron chi connectivity index (χ4n) is 2.73. The molecule has 31 heavy (non-hydrogen) atoms. The Hall–Kier alpha value is -2.83. The van der Waals surface area contributed by atoms with E-state index < -0.39 is 12.2 Å². The van der Waals surface area contributed by atoms with E-state index in [4.69, 9.17) is 0 Å². The molecule has 0 aliphatic heterocycles. The number of ether oxygens (including phenoxy) is 1. The Kier molecular flexibility index (Phi) is 8.65. The van der Waals surface area contributed by atoms with Crippen molar-refractivity contribution in [3.63, 3.8) is 0 Å². The molecular weight excluding hydrogens is 529 g/mol. The number of halogens is 5. The van der Waals surface area contributed by atoms with Crippen LogP contribution in [0.15, 0.2) is 66.2 Å². The maximum atomic E-state index is 14.3. The van der Waals surface area contributed by atoms with Crippen LogP contribution in [0, 0.1) is 5.82 Å². The quantitative estimate of drug-likeness (QED) is 0.207. The van der Waals surface area contributed by atoms with Gasteiger partial charge in [0.2, 0.25) is 0 Å². The second kappa shape index (κ2) is 11.0. The standard InChI is InChI=1S/C20H19F4N5O.HI/c1-25-19(28-12-15-4-2-3-5-18(15)30-20(22,23)24)27-11-14-6-7-17(16(21)10-14)29-9-8-26-13-29;/h2-10,13H,11-12H2,1H3,(H2,25,27,28);1H. The molecule has 0 spiro atoms. The van der Waals surface area contributed by atoms with Crippen molar-refractivity contribution >= 4 is 29.9 Å². The van der Waals surface area contributed by atoms with Crippen LogP contribution < -0.4 is 15.4 Å².